The standard InChI is InChI=1S/C28H26ClNO4/c29-23-7-3-1-6-22(23)24-15-16-25(28(32)33)30(24)27(31)20-13-11-19(12-14-20)21-5-2-4-8-26(21)34-17-18-9-10-18/h1-8,11-14,18,24-25H,9-10,15-17H2,(H,32,33)/t24-,25+/m1/s1. The Kier molecular flexibility index (Phi) is 6.29. The molecule has 3 aromatic carbocycles. The summed E-state index contributed by atoms with van der Waals surface area (Å²) < 4.78 is 6.04. The van der Waals surface area contributed by atoms with E-state index in [1.54, 1.807) is 18.2 Å². The molecule has 1 N–H and O–H groups in total. The van der Waals surface area contributed by atoms with Crippen LogP contribution >= 0.6 is 11.6 Å². The number of likely N-dealkylation sites (tertiary alicyclic amines) is 1. The van der Waals surface area contributed by atoms with Gasteiger partial charge < -0.3 is 14.7 Å². The maximum absolute atomic E-state index is 13.6. The molecular formula is C28H26ClNO4. The van der Waals surface area contributed by atoms with Crippen LogP contribution in [0.25, 0.3) is 11.1 Å². The number of rotatable bonds is 7. The molecule has 174 valence electrons. The van der Waals surface area contributed by atoms with Gasteiger partial charge in [0.25, 0.3) is 5.91 Å². The van der Waals surface area contributed by atoms with Crippen molar-refractivity contribution < 1.29 is 19.4 Å². The van der Waals surface area contributed by atoms with Gasteiger partial charge in [0.05, 0.1) is 12.6 Å². The van der Waals surface area contributed by atoms with Gasteiger partial charge in [-0.15, -0.1) is 0 Å². The third-order valence-electron chi connectivity index (χ3n) is 6.67. The van der Waals surface area contributed by atoms with Crippen LogP contribution in [0.1, 0.15) is 47.6 Å². The highest BCUT2D eigenvalue weighted by molar-refractivity contribution is 6.31. The van der Waals surface area contributed by atoms with Gasteiger partial charge in [-0.1, -0.05) is 60.1 Å². The fourth-order valence-corrected chi connectivity index (χ4v) is 4.91. The summed E-state index contributed by atoms with van der Waals surface area (Å²) in [6, 6.07) is 21.3. The number of aliphatic carboxylic acids is 1. The third-order valence-corrected chi connectivity index (χ3v) is 7.01. The van der Waals surface area contributed by atoms with Crippen molar-refractivity contribution in [3.63, 3.8) is 0 Å². The normalized spacial score (nSPS) is 19.7. The van der Waals surface area contributed by atoms with Crippen molar-refractivity contribution >= 4 is 23.5 Å². The summed E-state index contributed by atoms with van der Waals surface area (Å²) >= 11 is 6.40. The first-order chi connectivity index (χ1) is 16.5. The minimum atomic E-state index is -0.999. The van der Waals surface area contributed by atoms with E-state index in [2.05, 4.69) is 0 Å². The van der Waals surface area contributed by atoms with Crippen molar-refractivity contribution in [1.82, 2.24) is 4.90 Å². The maximum atomic E-state index is 13.6. The van der Waals surface area contributed by atoms with Crippen molar-refractivity contribution in [2.75, 3.05) is 6.61 Å². The van der Waals surface area contributed by atoms with Gasteiger partial charge in [0, 0.05) is 16.1 Å². The molecule has 2 atom stereocenters. The van der Waals surface area contributed by atoms with Crippen LogP contribution in [0.2, 0.25) is 5.02 Å². The first-order valence-electron chi connectivity index (χ1n) is 11.6. The zero-order valence-electron chi connectivity index (χ0n) is 18.7. The predicted molar refractivity (Wildman–Crippen MR) is 131 cm³/mol. The zero-order valence-corrected chi connectivity index (χ0v) is 19.4. The van der Waals surface area contributed by atoms with Gasteiger partial charge in [0.2, 0.25) is 0 Å². The van der Waals surface area contributed by atoms with Crippen molar-refractivity contribution in [2.24, 2.45) is 5.92 Å². The van der Waals surface area contributed by atoms with E-state index >= 15 is 0 Å². The fourth-order valence-electron chi connectivity index (χ4n) is 4.65. The second kappa shape index (κ2) is 9.51. The Balaban J connectivity index is 1.41. The summed E-state index contributed by atoms with van der Waals surface area (Å²) in [5, 5.41) is 10.3. The van der Waals surface area contributed by atoms with Gasteiger partial charge in [0.1, 0.15) is 11.8 Å². The number of hydrogen-bond acceptors (Lipinski definition) is 3. The van der Waals surface area contributed by atoms with E-state index in [0.29, 0.717) is 29.3 Å². The van der Waals surface area contributed by atoms with Crippen LogP contribution in [-0.2, 0) is 4.79 Å². The summed E-state index contributed by atoms with van der Waals surface area (Å²) in [6.45, 7) is 0.725. The van der Waals surface area contributed by atoms with Crippen LogP contribution in [0, 0.1) is 5.92 Å². The molecule has 1 saturated carbocycles. The van der Waals surface area contributed by atoms with E-state index in [-0.39, 0.29) is 11.9 Å². The van der Waals surface area contributed by atoms with E-state index in [9.17, 15) is 14.7 Å². The molecule has 2 aliphatic rings. The van der Waals surface area contributed by atoms with E-state index in [4.69, 9.17) is 16.3 Å². The minimum absolute atomic E-state index is 0.306. The molecule has 5 nitrogen and oxygen atoms in total. The Bertz CT molecular complexity index is 1210. The number of benzene rings is 3. The number of ether oxygens (including phenoxy) is 1. The van der Waals surface area contributed by atoms with E-state index in [1.807, 2.05) is 54.6 Å². The number of amides is 1. The Labute approximate surface area is 203 Å². The highest BCUT2D eigenvalue weighted by Crippen LogP contribution is 2.40. The average Bonchev–Trinajstić information content (AvgIpc) is 3.58. The Hall–Kier alpha value is -3.31. The number of carboxylic acids is 1. The van der Waals surface area contributed by atoms with Crippen LogP contribution < -0.4 is 4.74 Å². The molecule has 1 aliphatic heterocycles. The second-order valence-corrected chi connectivity index (χ2v) is 9.42. The number of carboxylic acid groups (broad SMARTS) is 1. The van der Waals surface area contributed by atoms with Crippen molar-refractivity contribution in [1.29, 1.82) is 0 Å². The monoisotopic (exact) mass is 475 g/mol. The lowest BCUT2D eigenvalue weighted by atomic mass is 10.0. The summed E-state index contributed by atoms with van der Waals surface area (Å²) in [5.41, 5.74) is 3.15. The average molecular weight is 476 g/mol. The van der Waals surface area contributed by atoms with Crippen LogP contribution in [0.5, 0.6) is 5.75 Å². The van der Waals surface area contributed by atoms with Gasteiger partial charge in [-0.2, -0.15) is 0 Å². The van der Waals surface area contributed by atoms with E-state index < -0.39 is 12.0 Å². The molecule has 0 unspecified atom stereocenters. The highest BCUT2D eigenvalue weighted by atomic mass is 35.5. The molecule has 0 spiro atoms. The lowest BCUT2D eigenvalue weighted by Gasteiger charge is -2.29. The Morgan fingerprint density at radius 3 is 2.32 bits per heavy atom. The van der Waals surface area contributed by atoms with Crippen molar-refractivity contribution in [2.45, 2.75) is 37.8 Å². The first kappa shape index (κ1) is 22.5. The Morgan fingerprint density at radius 1 is 0.912 bits per heavy atom. The molecule has 0 radical (unpaired) electrons. The van der Waals surface area contributed by atoms with Gasteiger partial charge in [0.15, 0.2) is 0 Å². The quantitative estimate of drug-likeness (QED) is 0.440. The number of nitrogens with zero attached hydrogens (tertiary/aromatic N) is 1. The summed E-state index contributed by atoms with van der Waals surface area (Å²) in [4.78, 5) is 27.0. The van der Waals surface area contributed by atoms with Gasteiger partial charge in [-0.05, 0) is 67.0 Å². The van der Waals surface area contributed by atoms with Crippen LogP contribution in [0.15, 0.2) is 72.8 Å². The van der Waals surface area contributed by atoms with E-state index in [1.165, 1.54) is 17.7 Å². The van der Waals surface area contributed by atoms with Crippen molar-refractivity contribution in [3.05, 3.63) is 88.9 Å². The van der Waals surface area contributed by atoms with Crippen LogP contribution in [-0.4, -0.2) is 34.5 Å². The molecule has 1 heterocycles. The highest BCUT2D eigenvalue weighted by Gasteiger charge is 2.42. The SMILES string of the molecule is O=C(O)[C@@H]1CC[C@H](c2ccccc2Cl)N1C(=O)c1ccc(-c2ccccc2OCC2CC2)cc1. The lowest BCUT2D eigenvalue weighted by molar-refractivity contribution is -0.141. The second-order valence-electron chi connectivity index (χ2n) is 9.01. The van der Waals surface area contributed by atoms with Crippen LogP contribution in [0.3, 0.4) is 0 Å². The molecule has 1 amide bonds. The number of hydrogen-bond donors (Lipinski definition) is 1. The van der Waals surface area contributed by atoms with Crippen molar-refractivity contribution in [3.8, 4) is 16.9 Å². The van der Waals surface area contributed by atoms with Gasteiger partial charge in [-0.3, -0.25) is 4.79 Å². The third kappa shape index (κ3) is 4.53. The number of carbonyl (C=O) groups is 2. The molecule has 6 heteroatoms. The fraction of sp³-hybridized carbons (Fsp3) is 0.286. The minimum Gasteiger partial charge on any atom is -0.493 e. The molecule has 1 saturated heterocycles. The molecule has 34 heavy (non-hydrogen) atoms. The molecule has 2 fully saturated rings. The molecular weight excluding hydrogens is 450 g/mol. The first-order valence-corrected chi connectivity index (χ1v) is 12.0. The molecule has 0 aromatic heterocycles. The topological polar surface area (TPSA) is 66.8 Å². The smallest absolute Gasteiger partial charge is 0.326 e. The largest absolute Gasteiger partial charge is 0.493 e. The molecule has 5 rings (SSSR count). The molecule has 3 aromatic rings. The summed E-state index contributed by atoms with van der Waals surface area (Å²) in [7, 11) is 0. The van der Waals surface area contributed by atoms with Crippen LogP contribution in [0.4, 0.5) is 0 Å². The maximum Gasteiger partial charge on any atom is 0.326 e. The van der Waals surface area contributed by atoms with E-state index in [0.717, 1.165) is 29.0 Å². The lowest BCUT2D eigenvalue weighted by Crippen LogP contribution is -2.41. The number of halogens is 1. The number of carbonyl (C=O) groups excluding carboxylic acids is 1. The number of para-hydroxylation sites is 1. The summed E-state index contributed by atoms with van der Waals surface area (Å²) in [6.07, 6.45) is 3.39. The Morgan fingerprint density at radius 2 is 1.62 bits per heavy atom. The predicted octanol–water partition coefficient (Wildman–Crippen LogP) is 6.23. The zero-order chi connectivity index (χ0) is 23.7. The van der Waals surface area contributed by atoms with Gasteiger partial charge in [-0.25, -0.2) is 4.79 Å². The summed E-state index contributed by atoms with van der Waals surface area (Å²) in [5.74, 6) is 0.181. The van der Waals surface area contributed by atoms with Gasteiger partial charge >= 0.3 is 5.97 Å². The molecule has 0 bridgehead atoms. The molecule has 1 aliphatic carbocycles.